The molecule has 2 unspecified atom stereocenters. The summed E-state index contributed by atoms with van der Waals surface area (Å²) in [5, 5.41) is 0. The Labute approximate surface area is 80.7 Å². The zero-order valence-corrected chi connectivity index (χ0v) is 8.88. The summed E-state index contributed by atoms with van der Waals surface area (Å²) in [6, 6.07) is 0. The Bertz CT molecular complexity index is 175. The molecule has 13 heavy (non-hydrogen) atoms. The summed E-state index contributed by atoms with van der Waals surface area (Å²) in [5.74, 6) is 1.19. The molecule has 2 atom stereocenters. The Morgan fingerprint density at radius 1 is 1.38 bits per heavy atom. The molecule has 76 valence electrons. The van der Waals surface area contributed by atoms with Crippen molar-refractivity contribution in [2.45, 2.75) is 33.1 Å². The van der Waals surface area contributed by atoms with Crippen LogP contribution in [0, 0.1) is 17.3 Å². The van der Waals surface area contributed by atoms with E-state index in [-0.39, 0.29) is 5.41 Å². The highest BCUT2D eigenvalue weighted by Crippen LogP contribution is 2.48. The van der Waals surface area contributed by atoms with Crippen molar-refractivity contribution in [3.05, 3.63) is 0 Å². The van der Waals surface area contributed by atoms with Gasteiger partial charge in [0.2, 0.25) is 0 Å². The first-order valence-electron chi connectivity index (χ1n) is 5.05. The van der Waals surface area contributed by atoms with Crippen LogP contribution >= 0.6 is 0 Å². The fourth-order valence-electron chi connectivity index (χ4n) is 2.52. The number of hydrogen-bond donors (Lipinski definition) is 0. The van der Waals surface area contributed by atoms with Crippen LogP contribution in [0.15, 0.2) is 0 Å². The second kappa shape index (κ2) is 4.23. The van der Waals surface area contributed by atoms with E-state index >= 15 is 0 Å². The van der Waals surface area contributed by atoms with Crippen LogP contribution in [0.4, 0.5) is 0 Å². The zero-order chi connectivity index (χ0) is 9.90. The average Bonchev–Trinajstić information content (AvgIpc) is 2.33. The maximum Gasteiger partial charge on any atom is 0.120 e. The summed E-state index contributed by atoms with van der Waals surface area (Å²) in [7, 11) is 1.75. The van der Waals surface area contributed by atoms with E-state index in [1.54, 1.807) is 7.11 Å². The third kappa shape index (κ3) is 2.11. The predicted octanol–water partition coefficient (Wildman–Crippen LogP) is 2.27. The van der Waals surface area contributed by atoms with Crippen molar-refractivity contribution in [3.63, 3.8) is 0 Å². The third-order valence-electron chi connectivity index (χ3n) is 3.72. The maximum absolute atomic E-state index is 10.5. The first-order chi connectivity index (χ1) is 6.12. The van der Waals surface area contributed by atoms with Gasteiger partial charge in [0.05, 0.1) is 0 Å². The van der Waals surface area contributed by atoms with Gasteiger partial charge in [-0.25, -0.2) is 0 Å². The molecule has 0 aromatic heterocycles. The fourth-order valence-corrected chi connectivity index (χ4v) is 2.52. The third-order valence-corrected chi connectivity index (χ3v) is 3.72. The van der Waals surface area contributed by atoms with E-state index in [1.807, 2.05) is 0 Å². The van der Waals surface area contributed by atoms with E-state index in [1.165, 1.54) is 12.8 Å². The molecule has 1 aliphatic carbocycles. The van der Waals surface area contributed by atoms with Gasteiger partial charge in [-0.15, -0.1) is 0 Å². The predicted molar refractivity (Wildman–Crippen MR) is 52.6 cm³/mol. The molecule has 0 saturated heterocycles. The lowest BCUT2D eigenvalue weighted by molar-refractivity contribution is -0.109. The molecule has 1 fully saturated rings. The molecule has 2 nitrogen and oxygen atoms in total. The molecule has 2 heteroatoms. The van der Waals surface area contributed by atoms with E-state index in [0.29, 0.717) is 18.3 Å². The lowest BCUT2D eigenvalue weighted by Gasteiger charge is -2.31. The van der Waals surface area contributed by atoms with Crippen molar-refractivity contribution in [1.29, 1.82) is 0 Å². The van der Waals surface area contributed by atoms with Gasteiger partial charge in [0.25, 0.3) is 0 Å². The van der Waals surface area contributed by atoms with E-state index in [9.17, 15) is 4.79 Å². The van der Waals surface area contributed by atoms with Crippen LogP contribution < -0.4 is 0 Å². The summed E-state index contributed by atoms with van der Waals surface area (Å²) in [4.78, 5) is 10.5. The van der Waals surface area contributed by atoms with Crippen LogP contribution in [-0.4, -0.2) is 20.0 Å². The fraction of sp³-hybridized carbons (Fsp3) is 0.909. The molecule has 0 radical (unpaired) electrons. The summed E-state index contributed by atoms with van der Waals surface area (Å²) >= 11 is 0. The van der Waals surface area contributed by atoms with Gasteiger partial charge in [0.15, 0.2) is 0 Å². The highest BCUT2D eigenvalue weighted by Gasteiger charge is 2.42. The standard InChI is InChI=1S/C11H20O2/c1-11(2)9(6-7-12)4-5-10(11)8-13-3/h7,9-10H,4-6,8H2,1-3H3. The van der Waals surface area contributed by atoms with Crippen LogP contribution in [-0.2, 0) is 9.53 Å². The van der Waals surface area contributed by atoms with Crippen LogP contribution in [0.1, 0.15) is 33.1 Å². The molecule has 0 heterocycles. The first kappa shape index (κ1) is 10.7. The van der Waals surface area contributed by atoms with Crippen molar-refractivity contribution < 1.29 is 9.53 Å². The van der Waals surface area contributed by atoms with Crippen molar-refractivity contribution in [2.75, 3.05) is 13.7 Å². The van der Waals surface area contributed by atoms with Gasteiger partial charge in [-0.3, -0.25) is 0 Å². The van der Waals surface area contributed by atoms with Gasteiger partial charge in [0, 0.05) is 20.1 Å². The van der Waals surface area contributed by atoms with Crippen LogP contribution in [0.2, 0.25) is 0 Å². The van der Waals surface area contributed by atoms with Gasteiger partial charge in [0.1, 0.15) is 6.29 Å². The van der Waals surface area contributed by atoms with Crippen molar-refractivity contribution >= 4 is 6.29 Å². The molecule has 1 aliphatic rings. The Balaban J connectivity index is 2.58. The quantitative estimate of drug-likeness (QED) is 0.626. The van der Waals surface area contributed by atoms with E-state index in [4.69, 9.17) is 4.74 Å². The van der Waals surface area contributed by atoms with Gasteiger partial charge >= 0.3 is 0 Å². The molecule has 0 spiro atoms. The summed E-state index contributed by atoms with van der Waals surface area (Å²) in [5.41, 5.74) is 0.275. The molecule has 0 amide bonds. The van der Waals surface area contributed by atoms with Crippen LogP contribution in [0.3, 0.4) is 0 Å². The highest BCUT2D eigenvalue weighted by atomic mass is 16.5. The Morgan fingerprint density at radius 2 is 2.00 bits per heavy atom. The van der Waals surface area contributed by atoms with Crippen molar-refractivity contribution in [1.82, 2.24) is 0 Å². The normalized spacial score (nSPS) is 31.9. The monoisotopic (exact) mass is 184 g/mol. The lowest BCUT2D eigenvalue weighted by atomic mass is 9.75. The molecular formula is C11H20O2. The Morgan fingerprint density at radius 3 is 2.54 bits per heavy atom. The molecular weight excluding hydrogens is 164 g/mol. The SMILES string of the molecule is COCC1CCC(CC=O)C1(C)C. The molecule has 0 N–H and O–H groups in total. The molecule has 1 rings (SSSR count). The van der Waals surface area contributed by atoms with Crippen molar-refractivity contribution in [2.24, 2.45) is 17.3 Å². The highest BCUT2D eigenvalue weighted by molar-refractivity contribution is 5.50. The van der Waals surface area contributed by atoms with Gasteiger partial charge in [-0.05, 0) is 30.1 Å². The number of carbonyl (C=O) groups excluding carboxylic acids is 1. The number of hydrogen-bond acceptors (Lipinski definition) is 2. The van der Waals surface area contributed by atoms with Crippen molar-refractivity contribution in [3.8, 4) is 0 Å². The smallest absolute Gasteiger partial charge is 0.120 e. The number of rotatable bonds is 4. The summed E-state index contributed by atoms with van der Waals surface area (Å²) < 4.78 is 5.20. The van der Waals surface area contributed by atoms with E-state index in [0.717, 1.165) is 12.9 Å². The lowest BCUT2D eigenvalue weighted by Crippen LogP contribution is -2.28. The molecule has 0 aromatic rings. The summed E-state index contributed by atoms with van der Waals surface area (Å²) in [6.45, 7) is 5.36. The van der Waals surface area contributed by atoms with Crippen LogP contribution in [0.5, 0.6) is 0 Å². The first-order valence-corrected chi connectivity index (χ1v) is 5.05. The molecule has 1 saturated carbocycles. The Kier molecular flexibility index (Phi) is 3.48. The molecule has 0 aromatic carbocycles. The largest absolute Gasteiger partial charge is 0.384 e. The minimum Gasteiger partial charge on any atom is -0.384 e. The zero-order valence-electron chi connectivity index (χ0n) is 8.88. The van der Waals surface area contributed by atoms with Crippen LogP contribution in [0.25, 0.3) is 0 Å². The number of carbonyl (C=O) groups is 1. The average molecular weight is 184 g/mol. The maximum atomic E-state index is 10.5. The molecule has 0 aliphatic heterocycles. The van der Waals surface area contributed by atoms with Gasteiger partial charge < -0.3 is 9.53 Å². The number of aldehydes is 1. The summed E-state index contributed by atoms with van der Waals surface area (Å²) in [6.07, 6.45) is 4.16. The molecule has 0 bridgehead atoms. The second-order valence-corrected chi connectivity index (χ2v) is 4.65. The van der Waals surface area contributed by atoms with E-state index in [2.05, 4.69) is 13.8 Å². The Hall–Kier alpha value is -0.370. The van der Waals surface area contributed by atoms with E-state index < -0.39 is 0 Å². The minimum atomic E-state index is 0.275. The number of methoxy groups -OCH3 is 1. The van der Waals surface area contributed by atoms with Gasteiger partial charge in [-0.2, -0.15) is 0 Å². The van der Waals surface area contributed by atoms with Gasteiger partial charge in [-0.1, -0.05) is 13.8 Å². The minimum absolute atomic E-state index is 0.275. The second-order valence-electron chi connectivity index (χ2n) is 4.65. The topological polar surface area (TPSA) is 26.3 Å². The number of ether oxygens (including phenoxy) is 1.